The van der Waals surface area contributed by atoms with Gasteiger partial charge in [0.2, 0.25) is 5.91 Å². The normalized spacial score (nSPS) is 23.5. The number of hydrogen-bond donors (Lipinski definition) is 0. The van der Waals surface area contributed by atoms with Gasteiger partial charge in [-0.1, -0.05) is 24.6 Å². The predicted octanol–water partition coefficient (Wildman–Crippen LogP) is 3.03. The molecule has 3 fully saturated rings. The second-order valence-corrected chi connectivity index (χ2v) is 9.41. The molecule has 6 heteroatoms. The maximum Gasteiger partial charge on any atom is 0.260 e. The third-order valence-electron chi connectivity index (χ3n) is 7.10. The molecule has 6 nitrogen and oxygen atoms in total. The van der Waals surface area contributed by atoms with Gasteiger partial charge in [-0.05, 0) is 69.7 Å². The molecule has 3 heterocycles. The molecule has 0 radical (unpaired) electrons. The van der Waals surface area contributed by atoms with Crippen LogP contribution < -0.4 is 4.74 Å². The number of hydrogen-bond acceptors (Lipinski definition) is 4. The summed E-state index contributed by atoms with van der Waals surface area (Å²) >= 11 is 0. The van der Waals surface area contributed by atoms with Crippen molar-refractivity contribution >= 4 is 11.8 Å². The molecule has 170 valence electrons. The van der Waals surface area contributed by atoms with Gasteiger partial charge < -0.3 is 19.4 Å². The van der Waals surface area contributed by atoms with Gasteiger partial charge in [-0.15, -0.1) is 0 Å². The molecule has 3 aliphatic rings. The Labute approximate surface area is 186 Å². The van der Waals surface area contributed by atoms with E-state index in [9.17, 15) is 9.59 Å². The molecule has 0 saturated carbocycles. The van der Waals surface area contributed by atoms with Crippen molar-refractivity contribution in [1.82, 2.24) is 14.7 Å². The molecule has 3 aliphatic heterocycles. The summed E-state index contributed by atoms with van der Waals surface area (Å²) in [6, 6.07) is 9.43. The smallest absolute Gasteiger partial charge is 0.260 e. The van der Waals surface area contributed by atoms with Gasteiger partial charge in [-0.25, -0.2) is 0 Å². The highest BCUT2D eigenvalue weighted by molar-refractivity contribution is 5.80. The number of carbonyl (C=O) groups excluding carboxylic acids is 2. The summed E-state index contributed by atoms with van der Waals surface area (Å²) in [6.45, 7) is 6.79. The van der Waals surface area contributed by atoms with Crippen LogP contribution in [0.25, 0.3) is 0 Å². The quantitative estimate of drug-likeness (QED) is 0.700. The number of carbonyl (C=O) groups is 2. The van der Waals surface area contributed by atoms with E-state index in [-0.39, 0.29) is 18.4 Å². The Morgan fingerprint density at radius 3 is 2.32 bits per heavy atom. The summed E-state index contributed by atoms with van der Waals surface area (Å²) in [5, 5.41) is 0. The maximum absolute atomic E-state index is 13.2. The summed E-state index contributed by atoms with van der Waals surface area (Å²) in [6.07, 6.45) is 7.91. The van der Waals surface area contributed by atoms with E-state index < -0.39 is 0 Å². The standard InChI is InChI=1S/C25H37N3O3/c29-24(20-31-23-9-3-1-4-10-23)27-16-11-22(12-17-27)25(30)28-15-7-8-21(19-28)18-26-13-5-2-6-14-26/h1,3-4,9-10,21-22H,2,5-8,11-20H2. The lowest BCUT2D eigenvalue weighted by atomic mass is 9.91. The average molecular weight is 428 g/mol. The fraction of sp³-hybridized carbons (Fsp3) is 0.680. The molecular weight excluding hydrogens is 390 g/mol. The number of piperidine rings is 3. The Hall–Kier alpha value is -2.08. The predicted molar refractivity (Wildman–Crippen MR) is 121 cm³/mol. The molecule has 1 atom stereocenters. The molecule has 2 amide bonds. The van der Waals surface area contributed by atoms with Crippen LogP contribution in [0.5, 0.6) is 5.75 Å². The van der Waals surface area contributed by atoms with E-state index in [0.29, 0.717) is 30.7 Å². The Balaban J connectivity index is 1.20. The minimum atomic E-state index is 0.00863. The molecule has 1 unspecified atom stereocenters. The molecular formula is C25H37N3O3. The van der Waals surface area contributed by atoms with Gasteiger partial charge in [0.1, 0.15) is 5.75 Å². The van der Waals surface area contributed by atoms with Crippen LogP contribution in [-0.4, -0.2) is 78.9 Å². The topological polar surface area (TPSA) is 53.1 Å². The van der Waals surface area contributed by atoms with Crippen molar-refractivity contribution in [3.63, 3.8) is 0 Å². The summed E-state index contributed by atoms with van der Waals surface area (Å²) in [5.41, 5.74) is 0. The van der Waals surface area contributed by atoms with Gasteiger partial charge in [0, 0.05) is 38.6 Å². The largest absolute Gasteiger partial charge is 0.484 e. The van der Waals surface area contributed by atoms with Crippen molar-refractivity contribution in [3.8, 4) is 5.75 Å². The van der Waals surface area contributed by atoms with Crippen LogP contribution in [0, 0.1) is 11.8 Å². The number of benzene rings is 1. The van der Waals surface area contributed by atoms with Gasteiger partial charge in [0.05, 0.1) is 0 Å². The van der Waals surface area contributed by atoms with Crippen molar-refractivity contribution in [1.29, 1.82) is 0 Å². The summed E-state index contributed by atoms with van der Waals surface area (Å²) < 4.78 is 5.59. The average Bonchev–Trinajstić information content (AvgIpc) is 2.83. The highest BCUT2D eigenvalue weighted by atomic mass is 16.5. The number of amides is 2. The van der Waals surface area contributed by atoms with Crippen molar-refractivity contribution in [2.45, 2.75) is 44.9 Å². The fourth-order valence-corrected chi connectivity index (χ4v) is 5.31. The second kappa shape index (κ2) is 11.0. The third kappa shape index (κ3) is 6.22. The lowest BCUT2D eigenvalue weighted by Gasteiger charge is -2.39. The molecule has 1 aromatic rings. The Bertz CT molecular complexity index is 712. The highest BCUT2D eigenvalue weighted by Crippen LogP contribution is 2.25. The first-order valence-corrected chi connectivity index (χ1v) is 12.2. The zero-order chi connectivity index (χ0) is 21.5. The number of ether oxygens (including phenoxy) is 1. The van der Waals surface area contributed by atoms with Crippen molar-refractivity contribution < 1.29 is 14.3 Å². The monoisotopic (exact) mass is 427 g/mol. The number of para-hydroxylation sites is 1. The van der Waals surface area contributed by atoms with Gasteiger partial charge in [-0.2, -0.15) is 0 Å². The van der Waals surface area contributed by atoms with Crippen LogP contribution in [0.2, 0.25) is 0 Å². The Kier molecular flexibility index (Phi) is 7.84. The van der Waals surface area contributed by atoms with Crippen LogP contribution in [0.4, 0.5) is 0 Å². The molecule has 0 aromatic heterocycles. The van der Waals surface area contributed by atoms with Crippen LogP contribution in [0.15, 0.2) is 30.3 Å². The van der Waals surface area contributed by atoms with Crippen LogP contribution in [0.1, 0.15) is 44.9 Å². The lowest BCUT2D eigenvalue weighted by molar-refractivity contribution is -0.142. The SMILES string of the molecule is O=C(COc1ccccc1)N1CCC(C(=O)N2CCCC(CN3CCCCC3)C2)CC1. The van der Waals surface area contributed by atoms with Crippen LogP contribution in [0.3, 0.4) is 0 Å². The Morgan fingerprint density at radius 2 is 1.58 bits per heavy atom. The van der Waals surface area contributed by atoms with Crippen LogP contribution in [-0.2, 0) is 9.59 Å². The highest BCUT2D eigenvalue weighted by Gasteiger charge is 2.33. The van der Waals surface area contributed by atoms with E-state index >= 15 is 0 Å². The summed E-state index contributed by atoms with van der Waals surface area (Å²) in [7, 11) is 0. The van der Waals surface area contributed by atoms with Crippen LogP contribution >= 0.6 is 0 Å². The van der Waals surface area contributed by atoms with E-state index in [1.54, 1.807) is 0 Å². The maximum atomic E-state index is 13.2. The van der Waals surface area contributed by atoms with E-state index in [2.05, 4.69) is 9.80 Å². The van der Waals surface area contributed by atoms with E-state index in [1.807, 2.05) is 35.2 Å². The summed E-state index contributed by atoms with van der Waals surface area (Å²) in [5.74, 6) is 1.72. The van der Waals surface area contributed by atoms with Crippen molar-refractivity contribution in [3.05, 3.63) is 30.3 Å². The molecule has 3 saturated heterocycles. The van der Waals surface area contributed by atoms with Crippen molar-refractivity contribution in [2.75, 3.05) is 52.4 Å². The third-order valence-corrected chi connectivity index (χ3v) is 7.10. The first-order valence-electron chi connectivity index (χ1n) is 12.2. The Morgan fingerprint density at radius 1 is 0.839 bits per heavy atom. The molecule has 0 bridgehead atoms. The molecule has 0 N–H and O–H groups in total. The lowest BCUT2D eigenvalue weighted by Crippen LogP contribution is -2.49. The molecule has 0 aliphatic carbocycles. The molecule has 1 aromatic carbocycles. The number of likely N-dealkylation sites (tertiary alicyclic amines) is 3. The van der Waals surface area contributed by atoms with Crippen molar-refractivity contribution in [2.24, 2.45) is 11.8 Å². The fourth-order valence-electron chi connectivity index (χ4n) is 5.31. The zero-order valence-corrected chi connectivity index (χ0v) is 18.7. The first kappa shape index (κ1) is 22.1. The minimum Gasteiger partial charge on any atom is -0.484 e. The van der Waals surface area contributed by atoms with E-state index in [4.69, 9.17) is 4.74 Å². The molecule has 0 spiro atoms. The van der Waals surface area contributed by atoms with Gasteiger partial charge >= 0.3 is 0 Å². The van der Waals surface area contributed by atoms with E-state index in [1.165, 1.54) is 38.8 Å². The van der Waals surface area contributed by atoms with E-state index in [0.717, 1.165) is 38.9 Å². The zero-order valence-electron chi connectivity index (χ0n) is 18.7. The number of nitrogens with zero attached hydrogens (tertiary/aromatic N) is 3. The second-order valence-electron chi connectivity index (χ2n) is 9.41. The summed E-state index contributed by atoms with van der Waals surface area (Å²) in [4.78, 5) is 32.2. The van der Waals surface area contributed by atoms with Gasteiger partial charge in [0.15, 0.2) is 6.61 Å². The molecule has 4 rings (SSSR count). The molecule has 31 heavy (non-hydrogen) atoms. The number of rotatable bonds is 6. The minimum absolute atomic E-state index is 0.00863. The van der Waals surface area contributed by atoms with Gasteiger partial charge in [-0.3, -0.25) is 9.59 Å². The first-order chi connectivity index (χ1) is 15.2. The van der Waals surface area contributed by atoms with Gasteiger partial charge in [0.25, 0.3) is 5.91 Å².